The van der Waals surface area contributed by atoms with Gasteiger partial charge in [-0.05, 0) is 43.9 Å². The number of carboxylic acid groups (broad SMARTS) is 2. The number of carboxylic acids is 2. The first-order valence-electron chi connectivity index (χ1n) is 10.4. The van der Waals surface area contributed by atoms with Gasteiger partial charge in [-0.2, -0.15) is 0 Å². The quantitative estimate of drug-likeness (QED) is 0.572. The van der Waals surface area contributed by atoms with Crippen LogP contribution in [0, 0.1) is 13.8 Å². The van der Waals surface area contributed by atoms with Crippen LogP contribution in [0.4, 0.5) is 0 Å². The second-order valence-electron chi connectivity index (χ2n) is 8.13. The molecule has 0 unspecified atom stereocenters. The van der Waals surface area contributed by atoms with Crippen LogP contribution in [0.2, 0.25) is 0 Å². The molecule has 9 nitrogen and oxygen atoms in total. The van der Waals surface area contributed by atoms with E-state index in [4.69, 9.17) is 29.5 Å². The Labute approximate surface area is 191 Å². The van der Waals surface area contributed by atoms with Gasteiger partial charge in [0.2, 0.25) is 0 Å². The fourth-order valence-corrected chi connectivity index (χ4v) is 3.90. The van der Waals surface area contributed by atoms with Crippen molar-refractivity contribution >= 4 is 28.9 Å². The summed E-state index contributed by atoms with van der Waals surface area (Å²) >= 11 is 0. The van der Waals surface area contributed by atoms with Crippen LogP contribution < -0.4 is 4.74 Å². The maximum absolute atomic E-state index is 12.8. The van der Waals surface area contributed by atoms with Gasteiger partial charge < -0.3 is 24.4 Å². The molecule has 0 radical (unpaired) electrons. The average molecular weight is 453 g/mol. The molecular weight excluding hydrogens is 426 g/mol. The van der Waals surface area contributed by atoms with Crippen LogP contribution in [-0.4, -0.2) is 56.6 Å². The number of hydrogen-bond acceptors (Lipinski definition) is 5. The van der Waals surface area contributed by atoms with Crippen molar-refractivity contribution in [3.8, 4) is 5.75 Å². The van der Waals surface area contributed by atoms with E-state index in [1.807, 2.05) is 36.7 Å². The number of aryl methyl sites for hydroxylation is 3. The van der Waals surface area contributed by atoms with Crippen LogP contribution in [0.1, 0.15) is 45.4 Å². The van der Waals surface area contributed by atoms with E-state index in [0.29, 0.717) is 5.56 Å². The SMILES string of the molecule is Cc1ccccc1[C@@H]1CCc2c(C(=O)N(C)C)cc3c(nc(C)n3C)c2O1.O=C(O)C(=O)O. The van der Waals surface area contributed by atoms with Gasteiger partial charge in [-0.1, -0.05) is 24.3 Å². The summed E-state index contributed by atoms with van der Waals surface area (Å²) in [6, 6.07) is 10.3. The second kappa shape index (κ2) is 9.32. The molecule has 2 heterocycles. The van der Waals surface area contributed by atoms with Crippen molar-refractivity contribution in [2.24, 2.45) is 7.05 Å². The Hall–Kier alpha value is -3.88. The molecule has 0 aliphatic carbocycles. The summed E-state index contributed by atoms with van der Waals surface area (Å²) in [5.41, 5.74) is 5.89. The number of carbonyl (C=O) groups is 3. The Morgan fingerprint density at radius 2 is 1.76 bits per heavy atom. The lowest BCUT2D eigenvalue weighted by Crippen LogP contribution is -2.25. The molecule has 0 bridgehead atoms. The third kappa shape index (κ3) is 4.67. The number of benzene rings is 2. The van der Waals surface area contributed by atoms with Gasteiger partial charge in [0.25, 0.3) is 5.91 Å². The number of nitrogens with zero attached hydrogens (tertiary/aromatic N) is 3. The molecule has 2 N–H and O–H groups in total. The van der Waals surface area contributed by atoms with Crippen molar-refractivity contribution in [2.75, 3.05) is 14.1 Å². The van der Waals surface area contributed by atoms with E-state index in [2.05, 4.69) is 19.1 Å². The molecule has 33 heavy (non-hydrogen) atoms. The third-order valence-corrected chi connectivity index (χ3v) is 5.73. The van der Waals surface area contributed by atoms with Crippen LogP contribution in [0.15, 0.2) is 30.3 Å². The first kappa shape index (κ1) is 23.8. The van der Waals surface area contributed by atoms with Crippen molar-refractivity contribution in [2.45, 2.75) is 32.8 Å². The molecule has 174 valence electrons. The van der Waals surface area contributed by atoms with Crippen molar-refractivity contribution in [3.05, 3.63) is 58.4 Å². The minimum atomic E-state index is -1.82. The summed E-state index contributed by atoms with van der Waals surface area (Å²) in [6.07, 6.45) is 1.63. The molecule has 0 saturated carbocycles. The van der Waals surface area contributed by atoms with E-state index >= 15 is 0 Å². The van der Waals surface area contributed by atoms with Crippen molar-refractivity contribution in [1.82, 2.24) is 14.5 Å². The molecule has 1 atom stereocenters. The lowest BCUT2D eigenvalue weighted by molar-refractivity contribution is -0.159. The minimum absolute atomic E-state index is 0.00458. The van der Waals surface area contributed by atoms with Gasteiger partial charge in [0, 0.05) is 32.3 Å². The molecule has 0 fully saturated rings. The number of rotatable bonds is 2. The number of aliphatic carboxylic acids is 2. The van der Waals surface area contributed by atoms with Gasteiger partial charge in [-0.3, -0.25) is 4.79 Å². The van der Waals surface area contributed by atoms with E-state index in [-0.39, 0.29) is 12.0 Å². The number of fused-ring (bicyclic) bond motifs is 3. The zero-order chi connectivity index (χ0) is 24.4. The topological polar surface area (TPSA) is 122 Å². The lowest BCUT2D eigenvalue weighted by atomic mass is 9.91. The average Bonchev–Trinajstić information content (AvgIpc) is 3.07. The van der Waals surface area contributed by atoms with Crippen LogP contribution in [-0.2, 0) is 23.1 Å². The van der Waals surface area contributed by atoms with E-state index in [1.54, 1.807) is 19.0 Å². The predicted molar refractivity (Wildman–Crippen MR) is 122 cm³/mol. The molecule has 0 spiro atoms. The fraction of sp³-hybridized carbons (Fsp3) is 0.333. The van der Waals surface area contributed by atoms with Crippen LogP contribution in [0.5, 0.6) is 5.75 Å². The second-order valence-corrected chi connectivity index (χ2v) is 8.13. The van der Waals surface area contributed by atoms with Gasteiger partial charge in [0.15, 0.2) is 5.75 Å². The largest absolute Gasteiger partial charge is 0.483 e. The maximum atomic E-state index is 12.8. The lowest BCUT2D eigenvalue weighted by Gasteiger charge is -2.29. The van der Waals surface area contributed by atoms with E-state index in [0.717, 1.165) is 41.0 Å². The smallest absolute Gasteiger partial charge is 0.414 e. The molecule has 1 aromatic heterocycles. The number of aromatic nitrogens is 2. The first-order chi connectivity index (χ1) is 15.5. The van der Waals surface area contributed by atoms with Gasteiger partial charge in [-0.25, -0.2) is 14.6 Å². The van der Waals surface area contributed by atoms with Gasteiger partial charge >= 0.3 is 11.9 Å². The molecule has 2 aromatic carbocycles. The Bertz CT molecular complexity index is 1230. The highest BCUT2D eigenvalue weighted by Crippen LogP contribution is 2.42. The van der Waals surface area contributed by atoms with Crippen molar-refractivity contribution in [3.63, 3.8) is 0 Å². The Kier molecular flexibility index (Phi) is 6.71. The first-order valence-corrected chi connectivity index (χ1v) is 10.4. The van der Waals surface area contributed by atoms with Crippen molar-refractivity contribution in [1.29, 1.82) is 0 Å². The summed E-state index contributed by atoms with van der Waals surface area (Å²) in [6.45, 7) is 4.09. The van der Waals surface area contributed by atoms with Crippen molar-refractivity contribution < 1.29 is 29.3 Å². The van der Waals surface area contributed by atoms with E-state index in [1.165, 1.54) is 11.1 Å². The highest BCUT2D eigenvalue weighted by atomic mass is 16.5. The summed E-state index contributed by atoms with van der Waals surface area (Å²) in [5, 5.41) is 14.8. The minimum Gasteiger partial charge on any atom is -0.483 e. The molecular formula is C24H27N3O6. The molecule has 1 aliphatic rings. The van der Waals surface area contributed by atoms with E-state index < -0.39 is 11.9 Å². The zero-order valence-electron chi connectivity index (χ0n) is 19.2. The fourth-order valence-electron chi connectivity index (χ4n) is 3.90. The molecule has 4 rings (SSSR count). The molecule has 0 saturated heterocycles. The Morgan fingerprint density at radius 1 is 1.12 bits per heavy atom. The standard InChI is InChI=1S/C22H25N3O2.C2H2O4/c1-13-8-6-7-9-15(13)19-11-10-16-17(22(26)24(3)4)12-18-20(21(16)27-19)23-14(2)25(18)5;3-1(4)2(5)6/h6-9,12,19H,10-11H2,1-5H3;(H,3,4)(H,5,6)/t19-;/m0./s1. The number of ether oxygens (including phenoxy) is 1. The van der Waals surface area contributed by atoms with Gasteiger partial charge in [0.05, 0.1) is 5.52 Å². The van der Waals surface area contributed by atoms with Gasteiger partial charge in [-0.15, -0.1) is 0 Å². The monoisotopic (exact) mass is 453 g/mol. The number of hydrogen-bond donors (Lipinski definition) is 2. The van der Waals surface area contributed by atoms with Crippen LogP contribution in [0.25, 0.3) is 11.0 Å². The number of imidazole rings is 1. The number of carbonyl (C=O) groups excluding carboxylic acids is 1. The summed E-state index contributed by atoms with van der Waals surface area (Å²) in [7, 11) is 5.54. The maximum Gasteiger partial charge on any atom is 0.414 e. The highest BCUT2D eigenvalue weighted by Gasteiger charge is 2.30. The Balaban J connectivity index is 0.000000454. The summed E-state index contributed by atoms with van der Waals surface area (Å²) in [4.78, 5) is 37.4. The molecule has 3 aromatic rings. The molecule has 1 amide bonds. The normalized spacial score (nSPS) is 14.5. The summed E-state index contributed by atoms with van der Waals surface area (Å²) in [5.74, 6) is -1.97. The van der Waals surface area contributed by atoms with Crippen LogP contribution in [0.3, 0.4) is 0 Å². The zero-order valence-corrected chi connectivity index (χ0v) is 19.2. The number of amides is 1. The van der Waals surface area contributed by atoms with E-state index in [9.17, 15) is 4.79 Å². The Morgan fingerprint density at radius 3 is 2.33 bits per heavy atom. The van der Waals surface area contributed by atoms with Gasteiger partial charge in [0.1, 0.15) is 17.4 Å². The molecule has 9 heteroatoms. The summed E-state index contributed by atoms with van der Waals surface area (Å²) < 4.78 is 8.52. The third-order valence-electron chi connectivity index (χ3n) is 5.73. The predicted octanol–water partition coefficient (Wildman–Crippen LogP) is 3.11. The van der Waals surface area contributed by atoms with Crippen LogP contribution >= 0.6 is 0 Å². The highest BCUT2D eigenvalue weighted by molar-refractivity contribution is 6.27. The molecule has 1 aliphatic heterocycles.